The fourth-order valence-electron chi connectivity index (χ4n) is 3.68. The van der Waals surface area contributed by atoms with Crippen LogP contribution in [-0.4, -0.2) is 69.7 Å². The van der Waals surface area contributed by atoms with E-state index >= 15 is 0 Å². The van der Waals surface area contributed by atoms with Gasteiger partial charge in [0.25, 0.3) is 0 Å². The second-order valence-electron chi connectivity index (χ2n) is 7.23. The second kappa shape index (κ2) is 12.2. The molecule has 1 aliphatic rings. The van der Waals surface area contributed by atoms with Gasteiger partial charge in [0.2, 0.25) is 5.91 Å². The molecule has 1 aromatic carbocycles. The molecule has 0 aliphatic carbocycles. The Morgan fingerprint density at radius 3 is 2.69 bits per heavy atom. The molecule has 1 aromatic rings. The number of carbonyl (C=O) groups excluding carboxylic acids is 1. The van der Waals surface area contributed by atoms with E-state index in [2.05, 4.69) is 34.6 Å². The molecule has 7 nitrogen and oxygen atoms in total. The number of hydrogen-bond donors (Lipinski definition) is 2. The minimum Gasteiger partial charge on any atom is -0.495 e. The molecule has 2 N–H and O–H groups in total. The molecule has 0 bridgehead atoms. The number of benzene rings is 1. The summed E-state index contributed by atoms with van der Waals surface area (Å²) in [5.74, 6) is 2.40. The average Bonchev–Trinajstić information content (AvgIpc) is 3.21. The molecule has 0 saturated carbocycles. The summed E-state index contributed by atoms with van der Waals surface area (Å²) in [4.78, 5) is 21.1. The number of ether oxygens (including phenoxy) is 1. The molecule has 1 unspecified atom stereocenters. The van der Waals surface area contributed by atoms with Gasteiger partial charge in [-0.1, -0.05) is 12.1 Å². The van der Waals surface area contributed by atoms with Crippen molar-refractivity contribution in [2.45, 2.75) is 33.6 Å². The molecule has 1 atom stereocenters. The van der Waals surface area contributed by atoms with Gasteiger partial charge >= 0.3 is 0 Å². The van der Waals surface area contributed by atoms with E-state index in [9.17, 15) is 4.79 Å². The molecular formula is C22H37N5O2. The Kier molecular flexibility index (Phi) is 9.60. The van der Waals surface area contributed by atoms with Gasteiger partial charge in [-0.2, -0.15) is 0 Å². The zero-order valence-corrected chi connectivity index (χ0v) is 18.4. The lowest BCUT2D eigenvalue weighted by Gasteiger charge is -2.21. The standard InChI is InChI=1S/C22H37N5O2/c1-5-23-22(24-14-12-21(28)26(6-2)7-3)25-16-18-13-15-27(17-18)19-10-8-9-11-20(19)29-4/h8-11,18H,5-7,12-17H2,1-4H3,(H2,23,24,25). The van der Waals surface area contributed by atoms with Crippen molar-refractivity contribution in [3.63, 3.8) is 0 Å². The first-order valence-corrected chi connectivity index (χ1v) is 10.8. The largest absolute Gasteiger partial charge is 0.495 e. The van der Waals surface area contributed by atoms with E-state index < -0.39 is 0 Å². The lowest BCUT2D eigenvalue weighted by Crippen LogP contribution is -2.40. The van der Waals surface area contributed by atoms with Crippen molar-refractivity contribution in [1.82, 2.24) is 15.5 Å². The van der Waals surface area contributed by atoms with Crippen molar-refractivity contribution in [2.75, 3.05) is 57.8 Å². The van der Waals surface area contributed by atoms with Crippen molar-refractivity contribution in [3.8, 4) is 5.75 Å². The highest BCUT2D eigenvalue weighted by atomic mass is 16.5. The Morgan fingerprint density at radius 2 is 2.00 bits per heavy atom. The Balaban J connectivity index is 1.84. The fourth-order valence-corrected chi connectivity index (χ4v) is 3.68. The molecule has 0 aromatic heterocycles. The third-order valence-corrected chi connectivity index (χ3v) is 5.31. The normalized spacial score (nSPS) is 16.6. The molecule has 162 valence electrons. The summed E-state index contributed by atoms with van der Waals surface area (Å²) in [6.07, 6.45) is 1.60. The first-order chi connectivity index (χ1) is 14.1. The maximum absolute atomic E-state index is 12.1. The van der Waals surface area contributed by atoms with Gasteiger partial charge < -0.3 is 25.2 Å². The Labute approximate surface area is 175 Å². The maximum Gasteiger partial charge on any atom is 0.224 e. The minimum absolute atomic E-state index is 0.182. The maximum atomic E-state index is 12.1. The monoisotopic (exact) mass is 403 g/mol. The summed E-state index contributed by atoms with van der Waals surface area (Å²) in [7, 11) is 1.72. The zero-order valence-electron chi connectivity index (χ0n) is 18.4. The van der Waals surface area contributed by atoms with Crippen LogP contribution >= 0.6 is 0 Å². The highest BCUT2D eigenvalue weighted by Gasteiger charge is 2.24. The number of nitrogens with one attached hydrogen (secondary N) is 2. The van der Waals surface area contributed by atoms with Crippen LogP contribution < -0.4 is 20.3 Å². The number of amides is 1. The third kappa shape index (κ3) is 6.84. The van der Waals surface area contributed by atoms with Gasteiger partial charge in [-0.3, -0.25) is 9.79 Å². The molecular weight excluding hydrogens is 366 g/mol. The molecule has 1 saturated heterocycles. The summed E-state index contributed by atoms with van der Waals surface area (Å²) >= 11 is 0. The van der Waals surface area contributed by atoms with Gasteiger partial charge in [0, 0.05) is 52.2 Å². The summed E-state index contributed by atoms with van der Waals surface area (Å²) in [6.45, 7) is 11.7. The lowest BCUT2D eigenvalue weighted by molar-refractivity contribution is -0.130. The zero-order chi connectivity index (χ0) is 21.1. The first kappa shape index (κ1) is 22.8. The summed E-state index contributed by atoms with van der Waals surface area (Å²) in [5, 5.41) is 6.58. The number of rotatable bonds is 10. The highest BCUT2D eigenvalue weighted by Crippen LogP contribution is 2.31. The lowest BCUT2D eigenvalue weighted by atomic mass is 10.1. The molecule has 29 heavy (non-hydrogen) atoms. The van der Waals surface area contributed by atoms with E-state index in [0.717, 1.165) is 63.1 Å². The molecule has 0 spiro atoms. The number of nitrogens with zero attached hydrogens (tertiary/aromatic N) is 3. The van der Waals surface area contributed by atoms with Gasteiger partial charge in [-0.05, 0) is 45.2 Å². The fraction of sp³-hybridized carbons (Fsp3) is 0.636. The van der Waals surface area contributed by atoms with Crippen LogP contribution in [0.2, 0.25) is 0 Å². The minimum atomic E-state index is 0.182. The molecule has 7 heteroatoms. The predicted molar refractivity (Wildman–Crippen MR) is 120 cm³/mol. The van der Waals surface area contributed by atoms with Crippen molar-refractivity contribution in [2.24, 2.45) is 10.9 Å². The Hall–Kier alpha value is -2.44. The number of aliphatic imine (C=N–C) groups is 1. The van der Waals surface area contributed by atoms with Crippen molar-refractivity contribution in [1.29, 1.82) is 0 Å². The van der Waals surface area contributed by atoms with Gasteiger partial charge in [0.05, 0.1) is 12.8 Å². The van der Waals surface area contributed by atoms with Gasteiger partial charge in [-0.25, -0.2) is 0 Å². The molecule has 1 heterocycles. The quantitative estimate of drug-likeness (QED) is 0.464. The van der Waals surface area contributed by atoms with Gasteiger partial charge in [-0.15, -0.1) is 0 Å². The molecule has 1 amide bonds. The van der Waals surface area contributed by atoms with Crippen LogP contribution in [0.15, 0.2) is 29.3 Å². The number of guanidine groups is 1. The van der Waals surface area contributed by atoms with E-state index in [4.69, 9.17) is 9.73 Å². The Bertz CT molecular complexity index is 660. The predicted octanol–water partition coefficient (Wildman–Crippen LogP) is 2.34. The van der Waals surface area contributed by atoms with Crippen molar-refractivity contribution in [3.05, 3.63) is 24.3 Å². The highest BCUT2D eigenvalue weighted by molar-refractivity contribution is 5.81. The first-order valence-electron chi connectivity index (χ1n) is 10.8. The van der Waals surface area contributed by atoms with Crippen LogP contribution in [0.1, 0.15) is 33.6 Å². The molecule has 1 aliphatic heterocycles. The van der Waals surface area contributed by atoms with E-state index in [1.807, 2.05) is 30.9 Å². The third-order valence-electron chi connectivity index (χ3n) is 5.31. The van der Waals surface area contributed by atoms with Crippen LogP contribution in [0, 0.1) is 5.92 Å². The number of methoxy groups -OCH3 is 1. The van der Waals surface area contributed by atoms with Crippen LogP contribution in [0.4, 0.5) is 5.69 Å². The number of hydrogen-bond acceptors (Lipinski definition) is 4. The van der Waals surface area contributed by atoms with Gasteiger partial charge in [0.15, 0.2) is 5.96 Å². The molecule has 2 rings (SSSR count). The van der Waals surface area contributed by atoms with Crippen LogP contribution in [-0.2, 0) is 4.79 Å². The Morgan fingerprint density at radius 1 is 1.24 bits per heavy atom. The molecule has 0 radical (unpaired) electrons. The van der Waals surface area contributed by atoms with Crippen molar-refractivity contribution < 1.29 is 9.53 Å². The second-order valence-corrected chi connectivity index (χ2v) is 7.23. The van der Waals surface area contributed by atoms with E-state index in [1.165, 1.54) is 0 Å². The summed E-state index contributed by atoms with van der Waals surface area (Å²) in [5.41, 5.74) is 1.15. The van der Waals surface area contributed by atoms with Gasteiger partial charge in [0.1, 0.15) is 5.75 Å². The number of para-hydroxylation sites is 2. The summed E-state index contributed by atoms with van der Waals surface area (Å²) in [6, 6.07) is 8.17. The molecule has 1 fully saturated rings. The van der Waals surface area contributed by atoms with Crippen molar-refractivity contribution >= 4 is 17.6 Å². The topological polar surface area (TPSA) is 69.2 Å². The number of anilines is 1. The smallest absolute Gasteiger partial charge is 0.224 e. The SMILES string of the molecule is CCNC(=NCC1CCN(c2ccccc2OC)C1)NCCC(=O)N(CC)CC. The summed E-state index contributed by atoms with van der Waals surface area (Å²) < 4.78 is 5.50. The van der Waals surface area contributed by atoms with Crippen LogP contribution in [0.25, 0.3) is 0 Å². The van der Waals surface area contributed by atoms with E-state index in [1.54, 1.807) is 7.11 Å². The number of carbonyl (C=O) groups is 1. The van der Waals surface area contributed by atoms with E-state index in [0.29, 0.717) is 18.9 Å². The van der Waals surface area contributed by atoms with Crippen LogP contribution in [0.5, 0.6) is 5.75 Å². The van der Waals surface area contributed by atoms with E-state index in [-0.39, 0.29) is 5.91 Å². The average molecular weight is 404 g/mol. The van der Waals surface area contributed by atoms with Crippen LogP contribution in [0.3, 0.4) is 0 Å².